The molecule has 0 aliphatic rings. The Morgan fingerprint density at radius 1 is 1.05 bits per heavy atom. The second-order valence-electron chi connectivity index (χ2n) is 5.02. The van der Waals surface area contributed by atoms with Crippen molar-refractivity contribution in [2.24, 2.45) is 0 Å². The van der Waals surface area contributed by atoms with E-state index in [4.69, 9.17) is 4.74 Å². The average Bonchev–Trinajstić information content (AvgIpc) is 2.41. The Kier molecular flexibility index (Phi) is 5.07. The Hall–Kier alpha value is -1.48. The Morgan fingerprint density at radius 3 is 2.40 bits per heavy atom. The van der Waals surface area contributed by atoms with Gasteiger partial charge in [-0.2, -0.15) is 0 Å². The van der Waals surface area contributed by atoms with Gasteiger partial charge >= 0.3 is 0 Å². The lowest BCUT2D eigenvalue weighted by molar-refractivity contribution is 0.332. The van der Waals surface area contributed by atoms with Crippen molar-refractivity contribution in [2.75, 3.05) is 18.5 Å². The van der Waals surface area contributed by atoms with Gasteiger partial charge in [0, 0.05) is 16.7 Å². The highest BCUT2D eigenvalue weighted by Crippen LogP contribution is 2.26. The molecule has 106 valence electrons. The molecule has 0 aliphatic heterocycles. The van der Waals surface area contributed by atoms with E-state index in [2.05, 4.69) is 78.4 Å². The maximum absolute atomic E-state index is 5.79. The van der Waals surface area contributed by atoms with E-state index in [0.29, 0.717) is 6.61 Å². The zero-order valence-electron chi connectivity index (χ0n) is 12.2. The molecule has 0 amide bonds. The zero-order valence-corrected chi connectivity index (χ0v) is 13.8. The van der Waals surface area contributed by atoms with E-state index in [1.54, 1.807) is 0 Å². The molecule has 2 aromatic carbocycles. The van der Waals surface area contributed by atoms with Crippen molar-refractivity contribution in [1.29, 1.82) is 0 Å². The molecule has 0 fully saturated rings. The van der Waals surface area contributed by atoms with Gasteiger partial charge in [-0.05, 0) is 61.7 Å². The molecule has 0 unspecified atom stereocenters. The largest absolute Gasteiger partial charge is 0.492 e. The highest BCUT2D eigenvalue weighted by atomic mass is 79.9. The quantitative estimate of drug-likeness (QED) is 0.788. The summed E-state index contributed by atoms with van der Waals surface area (Å²) in [7, 11) is 0. The fraction of sp³-hybridized carbons (Fsp3) is 0.294. The van der Waals surface area contributed by atoms with Crippen LogP contribution in [0, 0.1) is 20.8 Å². The van der Waals surface area contributed by atoms with Crippen LogP contribution in [0.2, 0.25) is 0 Å². The summed E-state index contributed by atoms with van der Waals surface area (Å²) >= 11 is 3.56. The molecule has 0 aliphatic carbocycles. The Labute approximate surface area is 129 Å². The molecular weight excluding hydrogens is 314 g/mol. The minimum atomic E-state index is 0.647. The summed E-state index contributed by atoms with van der Waals surface area (Å²) in [5.74, 6) is 0.925. The molecule has 0 atom stereocenters. The molecule has 0 radical (unpaired) electrons. The Balaban J connectivity index is 1.84. The van der Waals surface area contributed by atoms with Gasteiger partial charge in [0.25, 0.3) is 0 Å². The van der Waals surface area contributed by atoms with Crippen LogP contribution in [0.25, 0.3) is 0 Å². The van der Waals surface area contributed by atoms with Gasteiger partial charge in [0.05, 0.1) is 0 Å². The maximum Gasteiger partial charge on any atom is 0.119 e. The first-order valence-corrected chi connectivity index (χ1v) is 7.55. The van der Waals surface area contributed by atoms with Crippen LogP contribution in [0.4, 0.5) is 5.69 Å². The van der Waals surface area contributed by atoms with Gasteiger partial charge in [-0.25, -0.2) is 0 Å². The Morgan fingerprint density at radius 2 is 1.75 bits per heavy atom. The lowest BCUT2D eigenvalue weighted by Crippen LogP contribution is -2.11. The van der Waals surface area contributed by atoms with Gasteiger partial charge in [0.15, 0.2) is 0 Å². The van der Waals surface area contributed by atoms with E-state index in [1.807, 2.05) is 0 Å². The third-order valence-corrected chi connectivity index (χ3v) is 4.38. The molecule has 0 heterocycles. The summed E-state index contributed by atoms with van der Waals surface area (Å²) in [6.07, 6.45) is 0. The number of aryl methyl sites for hydroxylation is 3. The van der Waals surface area contributed by atoms with E-state index >= 15 is 0 Å². The van der Waals surface area contributed by atoms with E-state index in [0.717, 1.165) is 22.5 Å². The number of nitrogens with one attached hydrogen (secondary N) is 1. The van der Waals surface area contributed by atoms with Gasteiger partial charge in [0.2, 0.25) is 0 Å². The lowest BCUT2D eigenvalue weighted by Gasteiger charge is -2.11. The van der Waals surface area contributed by atoms with Gasteiger partial charge in [0.1, 0.15) is 12.4 Å². The van der Waals surface area contributed by atoms with Crippen molar-refractivity contribution < 1.29 is 4.74 Å². The molecule has 3 heteroatoms. The fourth-order valence-electron chi connectivity index (χ4n) is 2.11. The van der Waals surface area contributed by atoms with Gasteiger partial charge in [-0.3, -0.25) is 0 Å². The molecule has 2 rings (SSSR count). The molecule has 0 aromatic heterocycles. The number of ether oxygens (including phenoxy) is 1. The van der Waals surface area contributed by atoms with Crippen LogP contribution in [0.15, 0.2) is 40.9 Å². The molecule has 20 heavy (non-hydrogen) atoms. The smallest absolute Gasteiger partial charge is 0.119 e. The lowest BCUT2D eigenvalue weighted by atomic mass is 10.1. The average molecular weight is 334 g/mol. The van der Waals surface area contributed by atoms with Crippen LogP contribution in [0.3, 0.4) is 0 Å². The molecule has 2 nitrogen and oxygen atoms in total. The van der Waals surface area contributed by atoms with Gasteiger partial charge in [-0.1, -0.05) is 28.1 Å². The van der Waals surface area contributed by atoms with Gasteiger partial charge < -0.3 is 10.1 Å². The molecule has 1 N–H and O–H groups in total. The topological polar surface area (TPSA) is 21.3 Å². The molecular formula is C17H20BrNO. The van der Waals surface area contributed by atoms with E-state index < -0.39 is 0 Å². The first kappa shape index (κ1) is 14.9. The third kappa shape index (κ3) is 4.01. The third-order valence-electron chi connectivity index (χ3n) is 3.13. The summed E-state index contributed by atoms with van der Waals surface area (Å²) < 4.78 is 6.95. The van der Waals surface area contributed by atoms with Crippen molar-refractivity contribution >= 4 is 21.6 Å². The van der Waals surface area contributed by atoms with Crippen molar-refractivity contribution in [3.63, 3.8) is 0 Å². The number of halogens is 1. The SMILES string of the molecule is Cc1cccc(NCCOc2cc(C)c(Br)c(C)c2)c1. The van der Waals surface area contributed by atoms with Crippen LogP contribution in [-0.2, 0) is 0 Å². The zero-order chi connectivity index (χ0) is 14.5. The fourth-order valence-corrected chi connectivity index (χ4v) is 2.34. The summed E-state index contributed by atoms with van der Waals surface area (Å²) in [5, 5.41) is 3.36. The van der Waals surface area contributed by atoms with Crippen LogP contribution in [0.1, 0.15) is 16.7 Å². The predicted octanol–water partition coefficient (Wildman–Crippen LogP) is 4.87. The molecule has 0 saturated carbocycles. The van der Waals surface area contributed by atoms with E-state index in [9.17, 15) is 0 Å². The summed E-state index contributed by atoms with van der Waals surface area (Å²) in [6.45, 7) is 7.69. The summed E-state index contributed by atoms with van der Waals surface area (Å²) in [6, 6.07) is 12.5. The first-order valence-electron chi connectivity index (χ1n) is 6.76. The Bertz CT molecular complexity index is 572. The van der Waals surface area contributed by atoms with Gasteiger partial charge in [-0.15, -0.1) is 0 Å². The van der Waals surface area contributed by atoms with Crippen LogP contribution in [0.5, 0.6) is 5.75 Å². The number of hydrogen-bond acceptors (Lipinski definition) is 2. The number of benzene rings is 2. The number of hydrogen-bond donors (Lipinski definition) is 1. The molecule has 0 saturated heterocycles. The van der Waals surface area contributed by atoms with Crippen LogP contribution < -0.4 is 10.1 Å². The summed E-state index contributed by atoms with van der Waals surface area (Å²) in [5.41, 5.74) is 4.80. The standard InChI is InChI=1S/C17H20BrNO/c1-12-5-4-6-15(9-12)19-7-8-20-16-10-13(2)17(18)14(3)11-16/h4-6,9-11,19H,7-8H2,1-3H3. The maximum atomic E-state index is 5.79. The van der Waals surface area contributed by atoms with E-state index in [-0.39, 0.29) is 0 Å². The minimum Gasteiger partial charge on any atom is -0.492 e. The van der Waals surface area contributed by atoms with Crippen molar-refractivity contribution in [3.05, 3.63) is 57.6 Å². The highest BCUT2D eigenvalue weighted by molar-refractivity contribution is 9.10. The van der Waals surface area contributed by atoms with Crippen molar-refractivity contribution in [1.82, 2.24) is 0 Å². The second kappa shape index (κ2) is 6.80. The normalized spacial score (nSPS) is 10.4. The monoisotopic (exact) mass is 333 g/mol. The first-order chi connectivity index (χ1) is 9.56. The highest BCUT2D eigenvalue weighted by Gasteiger charge is 2.03. The summed E-state index contributed by atoms with van der Waals surface area (Å²) in [4.78, 5) is 0. The molecule has 0 spiro atoms. The second-order valence-corrected chi connectivity index (χ2v) is 5.81. The van der Waals surface area contributed by atoms with Crippen LogP contribution in [-0.4, -0.2) is 13.2 Å². The minimum absolute atomic E-state index is 0.647. The number of anilines is 1. The van der Waals surface area contributed by atoms with Crippen LogP contribution >= 0.6 is 15.9 Å². The molecule has 0 bridgehead atoms. The predicted molar refractivity (Wildman–Crippen MR) is 88.8 cm³/mol. The number of rotatable bonds is 5. The van der Waals surface area contributed by atoms with E-state index in [1.165, 1.54) is 16.7 Å². The van der Waals surface area contributed by atoms with Crippen molar-refractivity contribution in [2.45, 2.75) is 20.8 Å². The molecule has 2 aromatic rings. The van der Waals surface area contributed by atoms with Crippen molar-refractivity contribution in [3.8, 4) is 5.75 Å².